The van der Waals surface area contributed by atoms with Gasteiger partial charge in [-0.05, 0) is 22.3 Å². The van der Waals surface area contributed by atoms with Crippen molar-refractivity contribution in [1.29, 1.82) is 0 Å². The molecule has 0 saturated carbocycles. The molecule has 0 radical (unpaired) electrons. The molecule has 0 saturated heterocycles. The van der Waals surface area contributed by atoms with Gasteiger partial charge in [0.25, 0.3) is 8.32 Å². The first kappa shape index (κ1) is 19.2. The molecule has 0 heterocycles. The zero-order valence-corrected chi connectivity index (χ0v) is 16.3. The summed E-state index contributed by atoms with van der Waals surface area (Å²) in [6.45, 7) is 8.51. The summed E-state index contributed by atoms with van der Waals surface area (Å²) in [7, 11) is -2.63. The van der Waals surface area contributed by atoms with Crippen LogP contribution in [-0.2, 0) is 9.22 Å². The zero-order chi connectivity index (χ0) is 18.5. The lowest BCUT2D eigenvalue weighted by Gasteiger charge is -2.44. The largest absolute Gasteiger partial charge is 0.478 e. The van der Waals surface area contributed by atoms with E-state index < -0.39 is 14.3 Å². The average Bonchev–Trinajstić information content (AvgIpc) is 2.58. The third kappa shape index (κ3) is 4.27. The minimum Gasteiger partial charge on any atom is -0.478 e. The Hall–Kier alpha value is -2.17. The predicted molar refractivity (Wildman–Crippen MR) is 105 cm³/mol. The summed E-state index contributed by atoms with van der Waals surface area (Å²) >= 11 is 0. The van der Waals surface area contributed by atoms with Crippen molar-refractivity contribution in [2.24, 2.45) is 0 Å². The Bertz CT molecular complexity index is 678. The van der Waals surface area contributed by atoms with Crippen LogP contribution >= 0.6 is 0 Å². The smallest absolute Gasteiger partial charge is 0.328 e. The summed E-state index contributed by atoms with van der Waals surface area (Å²) in [6.07, 6.45) is 2.46. The van der Waals surface area contributed by atoms with Gasteiger partial charge in [-0.15, -0.1) is 0 Å². The second-order valence-corrected chi connectivity index (χ2v) is 11.4. The average molecular weight is 355 g/mol. The van der Waals surface area contributed by atoms with Gasteiger partial charge in [0.05, 0.1) is 6.10 Å². The third-order valence-corrected chi connectivity index (χ3v) is 9.42. The first-order valence-electron chi connectivity index (χ1n) is 8.47. The summed E-state index contributed by atoms with van der Waals surface area (Å²) in [4.78, 5) is 10.9. The minimum atomic E-state index is -2.63. The monoisotopic (exact) mass is 354 g/mol. The summed E-state index contributed by atoms with van der Waals surface area (Å²) in [5.41, 5.74) is 0. The molecule has 3 nitrogen and oxygen atoms in total. The van der Waals surface area contributed by atoms with Gasteiger partial charge in [0.1, 0.15) is 0 Å². The van der Waals surface area contributed by atoms with E-state index in [0.29, 0.717) is 0 Å². The molecule has 4 heteroatoms. The fraction of sp³-hybridized carbons (Fsp3) is 0.286. The van der Waals surface area contributed by atoms with Crippen LogP contribution in [0.15, 0.2) is 72.8 Å². The zero-order valence-electron chi connectivity index (χ0n) is 15.3. The topological polar surface area (TPSA) is 46.5 Å². The maximum absolute atomic E-state index is 10.9. The van der Waals surface area contributed by atoms with Crippen LogP contribution in [-0.4, -0.2) is 25.5 Å². The number of aliphatic carboxylic acids is 1. The van der Waals surface area contributed by atoms with Crippen molar-refractivity contribution in [2.45, 2.75) is 38.8 Å². The van der Waals surface area contributed by atoms with Crippen LogP contribution in [0.5, 0.6) is 0 Å². The van der Waals surface area contributed by atoms with Gasteiger partial charge >= 0.3 is 5.97 Å². The number of hydrogen-bond donors (Lipinski definition) is 1. The van der Waals surface area contributed by atoms with E-state index >= 15 is 0 Å². The normalized spacial score (nSPS) is 13.8. The maximum atomic E-state index is 10.9. The van der Waals surface area contributed by atoms with E-state index in [4.69, 9.17) is 9.53 Å². The lowest BCUT2D eigenvalue weighted by Crippen LogP contribution is -2.67. The van der Waals surface area contributed by atoms with Crippen LogP contribution in [0.4, 0.5) is 0 Å². The van der Waals surface area contributed by atoms with Crippen LogP contribution in [0.1, 0.15) is 27.7 Å². The van der Waals surface area contributed by atoms with E-state index in [1.807, 2.05) is 43.3 Å². The molecule has 25 heavy (non-hydrogen) atoms. The molecule has 0 spiro atoms. The molecular weight excluding hydrogens is 328 g/mol. The van der Waals surface area contributed by atoms with Crippen LogP contribution in [0.25, 0.3) is 0 Å². The molecule has 0 fully saturated rings. The Balaban J connectivity index is 2.62. The highest BCUT2D eigenvalue weighted by Crippen LogP contribution is 2.37. The van der Waals surface area contributed by atoms with Gasteiger partial charge in [0, 0.05) is 6.08 Å². The van der Waals surface area contributed by atoms with Crippen molar-refractivity contribution >= 4 is 24.7 Å². The van der Waals surface area contributed by atoms with E-state index in [1.54, 1.807) is 6.08 Å². The minimum absolute atomic E-state index is 0.124. The van der Waals surface area contributed by atoms with E-state index in [9.17, 15) is 4.79 Å². The molecule has 1 atom stereocenters. The van der Waals surface area contributed by atoms with E-state index in [0.717, 1.165) is 6.08 Å². The molecule has 2 aromatic rings. The second kappa shape index (κ2) is 7.81. The highest BCUT2D eigenvalue weighted by molar-refractivity contribution is 6.99. The number of carboxylic acid groups (broad SMARTS) is 1. The lowest BCUT2D eigenvalue weighted by molar-refractivity contribution is -0.131. The van der Waals surface area contributed by atoms with Gasteiger partial charge in [-0.3, -0.25) is 0 Å². The number of carbonyl (C=O) groups is 1. The molecule has 1 N–H and O–H groups in total. The summed E-state index contributed by atoms with van der Waals surface area (Å²) < 4.78 is 6.71. The van der Waals surface area contributed by atoms with Crippen molar-refractivity contribution in [3.8, 4) is 0 Å². The maximum Gasteiger partial charge on any atom is 0.328 e. The first-order valence-corrected chi connectivity index (χ1v) is 10.4. The fourth-order valence-electron chi connectivity index (χ4n) is 3.23. The van der Waals surface area contributed by atoms with E-state index in [-0.39, 0.29) is 11.1 Å². The lowest BCUT2D eigenvalue weighted by atomic mass is 10.2. The van der Waals surface area contributed by atoms with Crippen molar-refractivity contribution < 1.29 is 14.3 Å². The van der Waals surface area contributed by atoms with Gasteiger partial charge in [-0.2, -0.15) is 0 Å². The second-order valence-electron chi connectivity index (χ2n) is 7.18. The SMILES string of the molecule is C[C@@H](/C=C\C(=O)O)O[Si](c1ccccc1)(c1ccccc1)C(C)(C)C. The summed E-state index contributed by atoms with van der Waals surface area (Å²) in [6, 6.07) is 20.6. The van der Waals surface area contributed by atoms with E-state index in [2.05, 4.69) is 45.0 Å². The summed E-state index contributed by atoms with van der Waals surface area (Å²) in [5, 5.41) is 11.2. The number of hydrogen-bond acceptors (Lipinski definition) is 2. The molecule has 0 aliphatic rings. The van der Waals surface area contributed by atoms with Crippen LogP contribution in [0.3, 0.4) is 0 Å². The Morgan fingerprint density at radius 3 is 1.80 bits per heavy atom. The van der Waals surface area contributed by atoms with Gasteiger partial charge < -0.3 is 9.53 Å². The van der Waals surface area contributed by atoms with Crippen molar-refractivity contribution in [3.63, 3.8) is 0 Å². The van der Waals surface area contributed by atoms with Crippen LogP contribution in [0.2, 0.25) is 5.04 Å². The van der Waals surface area contributed by atoms with Crippen molar-refractivity contribution in [1.82, 2.24) is 0 Å². The number of benzene rings is 2. The molecule has 0 unspecified atom stereocenters. The molecule has 2 aromatic carbocycles. The predicted octanol–water partition coefficient (Wildman–Crippen LogP) is 3.59. The molecule has 0 amide bonds. The summed E-state index contributed by atoms with van der Waals surface area (Å²) in [5.74, 6) is -0.960. The Kier molecular flexibility index (Phi) is 5.98. The standard InChI is InChI=1S/C21H26O3Si/c1-17(15-16-20(22)23)24-25(21(2,3)4,18-11-7-5-8-12-18)19-13-9-6-10-14-19/h5-17H,1-4H3,(H,22,23)/b16-15-/t17-/m0/s1. The van der Waals surface area contributed by atoms with Gasteiger partial charge in [-0.1, -0.05) is 87.5 Å². The Morgan fingerprint density at radius 1 is 1.00 bits per heavy atom. The number of carboxylic acids is 1. The molecule has 0 aliphatic carbocycles. The molecule has 132 valence electrons. The molecule has 0 aliphatic heterocycles. The Morgan fingerprint density at radius 2 is 1.44 bits per heavy atom. The van der Waals surface area contributed by atoms with Crippen molar-refractivity contribution in [3.05, 3.63) is 72.8 Å². The van der Waals surface area contributed by atoms with Crippen LogP contribution in [0, 0.1) is 0 Å². The van der Waals surface area contributed by atoms with Crippen LogP contribution < -0.4 is 10.4 Å². The number of rotatable bonds is 6. The highest BCUT2D eigenvalue weighted by Gasteiger charge is 2.50. The quantitative estimate of drug-likeness (QED) is 0.637. The molecule has 2 rings (SSSR count). The van der Waals surface area contributed by atoms with E-state index in [1.165, 1.54) is 10.4 Å². The third-order valence-electron chi connectivity index (χ3n) is 4.29. The van der Waals surface area contributed by atoms with Crippen molar-refractivity contribution in [2.75, 3.05) is 0 Å². The Labute approximate surface area is 151 Å². The molecular formula is C21H26O3Si. The highest BCUT2D eigenvalue weighted by atomic mass is 28.4. The molecule has 0 bridgehead atoms. The van der Waals surface area contributed by atoms with Gasteiger partial charge in [0.2, 0.25) is 0 Å². The molecule has 0 aromatic heterocycles. The van der Waals surface area contributed by atoms with Gasteiger partial charge in [-0.25, -0.2) is 4.79 Å². The first-order chi connectivity index (χ1) is 11.8. The fourth-order valence-corrected chi connectivity index (χ4v) is 7.88. The van der Waals surface area contributed by atoms with Gasteiger partial charge in [0.15, 0.2) is 0 Å².